The highest BCUT2D eigenvalue weighted by Gasteiger charge is 2.16. The summed E-state index contributed by atoms with van der Waals surface area (Å²) < 4.78 is 5.91. The second kappa shape index (κ2) is 9.97. The first-order valence-corrected chi connectivity index (χ1v) is 10.8. The van der Waals surface area contributed by atoms with Gasteiger partial charge >= 0.3 is 11.9 Å². The van der Waals surface area contributed by atoms with Gasteiger partial charge in [-0.15, -0.1) is 0 Å². The Morgan fingerprint density at radius 3 is 1.77 bits per heavy atom. The van der Waals surface area contributed by atoms with E-state index in [0.29, 0.717) is 22.4 Å². The van der Waals surface area contributed by atoms with Gasteiger partial charge in [0.25, 0.3) is 0 Å². The predicted octanol–water partition coefficient (Wildman–Crippen LogP) is 6.88. The smallest absolute Gasteiger partial charge is 0.335 e. The molecule has 0 amide bonds. The summed E-state index contributed by atoms with van der Waals surface area (Å²) in [7, 11) is 0. The van der Waals surface area contributed by atoms with E-state index in [1.54, 1.807) is 36.4 Å². The number of aromatic carboxylic acids is 2. The third-order valence-corrected chi connectivity index (χ3v) is 5.46. The summed E-state index contributed by atoms with van der Waals surface area (Å²) in [4.78, 5) is 21.5. The molecule has 0 bridgehead atoms. The largest absolute Gasteiger partial charge is 0.504 e. The summed E-state index contributed by atoms with van der Waals surface area (Å²) in [6, 6.07) is 28.2. The molecule has 0 heterocycles. The molecule has 6 nitrogen and oxygen atoms in total. The lowest BCUT2D eigenvalue weighted by Gasteiger charge is -2.14. The van der Waals surface area contributed by atoms with E-state index in [1.807, 2.05) is 55.5 Å². The van der Waals surface area contributed by atoms with Crippen LogP contribution in [0.2, 0.25) is 0 Å². The molecule has 3 N–H and O–H groups in total. The summed E-state index contributed by atoms with van der Waals surface area (Å²) in [5.74, 6) is -1.19. The van der Waals surface area contributed by atoms with Crippen molar-refractivity contribution in [3.05, 3.63) is 114 Å². The van der Waals surface area contributed by atoms with Gasteiger partial charge in [0.15, 0.2) is 11.5 Å². The number of carboxylic acids is 2. The summed E-state index contributed by atoms with van der Waals surface area (Å²) >= 11 is 0. The number of phenolic OH excluding ortho intramolecular Hbond substituents is 1. The fourth-order valence-electron chi connectivity index (χ4n) is 3.70. The van der Waals surface area contributed by atoms with Crippen molar-refractivity contribution in [3.8, 4) is 17.2 Å². The SMILES string of the molecule is Cc1ccc(C(=O)O)cc1.O=C(O)c1cccc(Oc2c(O)c3ccccc3c3ccccc23)c1. The van der Waals surface area contributed by atoms with Crippen molar-refractivity contribution in [1.82, 2.24) is 0 Å². The van der Waals surface area contributed by atoms with Crippen molar-refractivity contribution >= 4 is 33.5 Å². The van der Waals surface area contributed by atoms with E-state index >= 15 is 0 Å². The van der Waals surface area contributed by atoms with Crippen LogP contribution in [-0.4, -0.2) is 27.3 Å². The third kappa shape index (κ3) is 5.07. The van der Waals surface area contributed by atoms with Crippen LogP contribution < -0.4 is 4.74 Å². The molecule has 0 atom stereocenters. The van der Waals surface area contributed by atoms with E-state index in [4.69, 9.17) is 14.9 Å². The molecule has 5 rings (SSSR count). The van der Waals surface area contributed by atoms with Gasteiger partial charge < -0.3 is 20.1 Å². The number of rotatable bonds is 4. The Kier molecular flexibility index (Phi) is 6.64. The van der Waals surface area contributed by atoms with Crippen molar-refractivity contribution in [2.24, 2.45) is 0 Å². The van der Waals surface area contributed by atoms with E-state index in [2.05, 4.69) is 0 Å². The number of hydrogen-bond donors (Lipinski definition) is 3. The summed E-state index contributed by atoms with van der Waals surface area (Å²) in [5.41, 5.74) is 1.54. The highest BCUT2D eigenvalue weighted by Crippen LogP contribution is 2.44. The Labute approximate surface area is 201 Å². The third-order valence-electron chi connectivity index (χ3n) is 5.46. The fourth-order valence-corrected chi connectivity index (χ4v) is 3.70. The second-order valence-corrected chi connectivity index (χ2v) is 7.88. The molecule has 0 radical (unpaired) electrons. The number of ether oxygens (including phenoxy) is 1. The van der Waals surface area contributed by atoms with Gasteiger partial charge in [0, 0.05) is 10.8 Å². The number of hydrogen-bond acceptors (Lipinski definition) is 4. The Bertz CT molecular complexity index is 1540. The van der Waals surface area contributed by atoms with Crippen LogP contribution in [-0.2, 0) is 0 Å². The molecule has 6 heteroatoms. The van der Waals surface area contributed by atoms with Crippen molar-refractivity contribution in [2.45, 2.75) is 6.92 Å². The summed E-state index contributed by atoms with van der Waals surface area (Å²) in [5, 5.41) is 31.7. The van der Waals surface area contributed by atoms with Gasteiger partial charge in [0.1, 0.15) is 5.75 Å². The minimum Gasteiger partial charge on any atom is -0.504 e. The highest BCUT2D eigenvalue weighted by molar-refractivity contribution is 6.13. The molecule has 0 aliphatic rings. The quantitative estimate of drug-likeness (QED) is 0.249. The molecule has 0 aromatic heterocycles. The molecule has 0 saturated carbocycles. The zero-order valence-electron chi connectivity index (χ0n) is 18.8. The monoisotopic (exact) mass is 466 g/mol. The van der Waals surface area contributed by atoms with Gasteiger partial charge in [-0.2, -0.15) is 0 Å². The second-order valence-electron chi connectivity index (χ2n) is 7.88. The van der Waals surface area contributed by atoms with Crippen LogP contribution in [0, 0.1) is 6.92 Å². The molecule has 5 aromatic rings. The van der Waals surface area contributed by atoms with E-state index in [-0.39, 0.29) is 11.3 Å². The van der Waals surface area contributed by atoms with E-state index in [9.17, 15) is 14.7 Å². The van der Waals surface area contributed by atoms with Crippen LogP contribution >= 0.6 is 0 Å². The lowest BCUT2D eigenvalue weighted by Crippen LogP contribution is -1.96. The van der Waals surface area contributed by atoms with Gasteiger partial charge in [-0.25, -0.2) is 9.59 Å². The standard InChI is InChI=1S/C21H14O4.C8H8O2/c22-19-17-10-3-1-8-15(17)16-9-2-4-11-18(16)20(19)25-14-7-5-6-13(12-14)21(23)24;1-6-2-4-7(5-3-6)8(9)10/h1-12,22H,(H,23,24);2-5H,1H3,(H,9,10). The lowest BCUT2D eigenvalue weighted by atomic mass is 10.00. The van der Waals surface area contributed by atoms with Crippen molar-refractivity contribution < 1.29 is 29.6 Å². The number of benzene rings is 5. The van der Waals surface area contributed by atoms with Crippen LogP contribution in [0.5, 0.6) is 17.2 Å². The van der Waals surface area contributed by atoms with Crippen LogP contribution in [0.4, 0.5) is 0 Å². The molecule has 0 spiro atoms. The topological polar surface area (TPSA) is 104 Å². The van der Waals surface area contributed by atoms with Crippen LogP contribution in [0.1, 0.15) is 26.3 Å². The molecular formula is C29H22O6. The van der Waals surface area contributed by atoms with Gasteiger partial charge in [0.05, 0.1) is 11.1 Å². The molecule has 35 heavy (non-hydrogen) atoms. The summed E-state index contributed by atoms with van der Waals surface area (Å²) in [6.45, 7) is 1.92. The van der Waals surface area contributed by atoms with E-state index < -0.39 is 11.9 Å². The average Bonchev–Trinajstić information content (AvgIpc) is 2.87. The molecule has 0 aliphatic carbocycles. The van der Waals surface area contributed by atoms with Gasteiger partial charge in [-0.05, 0) is 48.0 Å². The van der Waals surface area contributed by atoms with Crippen LogP contribution in [0.15, 0.2) is 97.1 Å². The zero-order valence-corrected chi connectivity index (χ0v) is 18.8. The minimum atomic E-state index is -1.03. The lowest BCUT2D eigenvalue weighted by molar-refractivity contribution is 0.0686. The Morgan fingerprint density at radius 1 is 0.629 bits per heavy atom. The predicted molar refractivity (Wildman–Crippen MR) is 135 cm³/mol. The van der Waals surface area contributed by atoms with Gasteiger partial charge in [0.2, 0.25) is 0 Å². The first-order valence-electron chi connectivity index (χ1n) is 10.8. The van der Waals surface area contributed by atoms with Gasteiger partial charge in [-0.3, -0.25) is 0 Å². The number of aromatic hydroxyl groups is 1. The zero-order chi connectivity index (χ0) is 24.9. The van der Waals surface area contributed by atoms with Crippen molar-refractivity contribution in [2.75, 3.05) is 0 Å². The maximum atomic E-state index is 11.2. The van der Waals surface area contributed by atoms with Crippen LogP contribution in [0.25, 0.3) is 21.5 Å². The maximum absolute atomic E-state index is 11.2. The number of aryl methyl sites for hydroxylation is 1. The number of phenols is 1. The number of fused-ring (bicyclic) bond motifs is 3. The number of carboxylic acid groups (broad SMARTS) is 2. The fraction of sp³-hybridized carbons (Fsp3) is 0.0345. The van der Waals surface area contributed by atoms with Crippen molar-refractivity contribution in [1.29, 1.82) is 0 Å². The van der Waals surface area contributed by atoms with Gasteiger partial charge in [-0.1, -0.05) is 72.3 Å². The molecule has 5 aromatic carbocycles. The average molecular weight is 466 g/mol. The Morgan fingerprint density at radius 2 is 1.17 bits per heavy atom. The normalized spacial score (nSPS) is 10.4. The van der Waals surface area contributed by atoms with E-state index in [0.717, 1.165) is 21.7 Å². The van der Waals surface area contributed by atoms with E-state index in [1.165, 1.54) is 12.1 Å². The summed E-state index contributed by atoms with van der Waals surface area (Å²) in [6.07, 6.45) is 0. The molecule has 174 valence electrons. The minimum absolute atomic E-state index is 0.0371. The molecule has 0 aliphatic heterocycles. The Hall–Kier alpha value is -4.84. The highest BCUT2D eigenvalue weighted by atomic mass is 16.5. The van der Waals surface area contributed by atoms with Crippen molar-refractivity contribution in [3.63, 3.8) is 0 Å². The molecule has 0 unspecified atom stereocenters. The Balaban J connectivity index is 0.000000243. The van der Waals surface area contributed by atoms with Crippen LogP contribution in [0.3, 0.4) is 0 Å². The maximum Gasteiger partial charge on any atom is 0.335 e. The molecular weight excluding hydrogens is 444 g/mol. The first-order chi connectivity index (χ1) is 16.8. The molecule has 0 saturated heterocycles. The molecule has 0 fully saturated rings. The first kappa shape index (κ1) is 23.3. The number of carbonyl (C=O) groups is 2.